The van der Waals surface area contributed by atoms with Crippen LogP contribution in [-0.4, -0.2) is 34.5 Å². The van der Waals surface area contributed by atoms with Gasteiger partial charge in [0, 0.05) is 54.0 Å². The van der Waals surface area contributed by atoms with Gasteiger partial charge in [-0.2, -0.15) is 13.2 Å². The van der Waals surface area contributed by atoms with Crippen molar-refractivity contribution in [2.24, 2.45) is 0 Å². The molecule has 0 spiro atoms. The molecule has 0 saturated carbocycles. The summed E-state index contributed by atoms with van der Waals surface area (Å²) in [5.74, 6) is 0. The van der Waals surface area contributed by atoms with Crippen LogP contribution in [0.25, 0.3) is 21.8 Å². The number of pyridine rings is 1. The maximum Gasteiger partial charge on any atom is 0.416 e. The highest BCUT2D eigenvalue weighted by Crippen LogP contribution is 2.32. The molecule has 2 heterocycles. The van der Waals surface area contributed by atoms with Gasteiger partial charge in [-0.1, -0.05) is 31.2 Å². The molecule has 0 atom stereocenters. The Balaban J connectivity index is 1.37. The van der Waals surface area contributed by atoms with E-state index < -0.39 is 11.7 Å². The van der Waals surface area contributed by atoms with Gasteiger partial charge in [-0.15, -0.1) is 0 Å². The molecule has 0 bridgehead atoms. The summed E-state index contributed by atoms with van der Waals surface area (Å²) in [5.41, 5.74) is 2.92. The van der Waals surface area contributed by atoms with E-state index >= 15 is 0 Å². The first-order valence-corrected chi connectivity index (χ1v) is 10.9. The lowest BCUT2D eigenvalue weighted by Gasteiger charge is -2.22. The zero-order valence-corrected chi connectivity index (χ0v) is 18.0. The Morgan fingerprint density at radius 2 is 1.88 bits per heavy atom. The standard InChI is InChI=1S/C25H27F3N4/c1-2-13-32(17-18-16-31-22-7-4-3-6-20(18)22)14-5-11-29-23-10-12-30-24-15-19(25(26,27)28)8-9-21(23)24/h3-4,6-10,12,15-16,31H,2,5,11,13-14,17H2,1H3,(H,29,30). The Bertz CT molecular complexity index is 1180. The number of fused-ring (bicyclic) bond motifs is 2. The van der Waals surface area contributed by atoms with Gasteiger partial charge in [0.05, 0.1) is 11.1 Å². The van der Waals surface area contributed by atoms with E-state index in [9.17, 15) is 13.2 Å². The lowest BCUT2D eigenvalue weighted by Crippen LogP contribution is -2.26. The fourth-order valence-corrected chi connectivity index (χ4v) is 4.09. The second kappa shape index (κ2) is 9.61. The Labute approximate surface area is 185 Å². The van der Waals surface area contributed by atoms with Gasteiger partial charge in [-0.05, 0) is 49.2 Å². The summed E-state index contributed by atoms with van der Waals surface area (Å²) in [6.45, 7) is 5.74. The maximum atomic E-state index is 13.0. The van der Waals surface area contributed by atoms with Gasteiger partial charge in [0.15, 0.2) is 0 Å². The van der Waals surface area contributed by atoms with Crippen LogP contribution in [-0.2, 0) is 12.7 Å². The molecule has 7 heteroatoms. The van der Waals surface area contributed by atoms with Gasteiger partial charge in [0.2, 0.25) is 0 Å². The van der Waals surface area contributed by atoms with Gasteiger partial charge >= 0.3 is 6.18 Å². The molecular weight excluding hydrogens is 413 g/mol. The fourth-order valence-electron chi connectivity index (χ4n) is 4.09. The van der Waals surface area contributed by atoms with Gasteiger partial charge in [-0.3, -0.25) is 9.88 Å². The number of benzene rings is 2. The number of anilines is 1. The van der Waals surface area contributed by atoms with E-state index in [0.29, 0.717) is 10.9 Å². The first kappa shape index (κ1) is 22.1. The van der Waals surface area contributed by atoms with E-state index in [1.165, 1.54) is 17.0 Å². The normalized spacial score (nSPS) is 12.2. The molecule has 32 heavy (non-hydrogen) atoms. The molecule has 0 amide bonds. The molecule has 0 saturated heterocycles. The molecule has 4 nitrogen and oxygen atoms in total. The molecule has 168 valence electrons. The molecule has 4 rings (SSSR count). The van der Waals surface area contributed by atoms with Crippen LogP contribution in [0.3, 0.4) is 0 Å². The van der Waals surface area contributed by atoms with Gasteiger partial charge < -0.3 is 10.3 Å². The molecule has 2 aromatic heterocycles. The minimum atomic E-state index is -4.37. The zero-order valence-electron chi connectivity index (χ0n) is 18.0. The third kappa shape index (κ3) is 5.05. The van der Waals surface area contributed by atoms with Gasteiger partial charge in [0.25, 0.3) is 0 Å². The van der Waals surface area contributed by atoms with E-state index in [2.05, 4.69) is 51.5 Å². The van der Waals surface area contributed by atoms with E-state index in [1.807, 2.05) is 12.1 Å². The van der Waals surface area contributed by atoms with Crippen molar-refractivity contribution in [3.05, 3.63) is 72.1 Å². The molecule has 0 aliphatic rings. The monoisotopic (exact) mass is 440 g/mol. The maximum absolute atomic E-state index is 13.0. The first-order chi connectivity index (χ1) is 15.5. The Hall–Kier alpha value is -3.06. The average Bonchev–Trinajstić information content (AvgIpc) is 3.18. The smallest absolute Gasteiger partial charge is 0.384 e. The number of H-pyrrole nitrogens is 1. The van der Waals surface area contributed by atoms with Crippen molar-refractivity contribution in [1.29, 1.82) is 0 Å². The predicted molar refractivity (Wildman–Crippen MR) is 124 cm³/mol. The van der Waals surface area contributed by atoms with Crippen molar-refractivity contribution in [3.8, 4) is 0 Å². The van der Waals surface area contributed by atoms with Crippen LogP contribution in [0.2, 0.25) is 0 Å². The number of nitrogens with one attached hydrogen (secondary N) is 2. The number of hydrogen-bond donors (Lipinski definition) is 2. The lowest BCUT2D eigenvalue weighted by atomic mass is 10.1. The van der Waals surface area contributed by atoms with E-state index in [4.69, 9.17) is 0 Å². The number of rotatable bonds is 9. The minimum Gasteiger partial charge on any atom is -0.384 e. The molecule has 0 unspecified atom stereocenters. The van der Waals surface area contributed by atoms with Crippen LogP contribution < -0.4 is 5.32 Å². The Morgan fingerprint density at radius 3 is 2.69 bits per heavy atom. The summed E-state index contributed by atoms with van der Waals surface area (Å²) in [5, 5.41) is 5.33. The van der Waals surface area contributed by atoms with Crippen LogP contribution in [0.1, 0.15) is 30.9 Å². The Kier molecular flexibility index (Phi) is 6.65. The van der Waals surface area contributed by atoms with Crippen molar-refractivity contribution in [1.82, 2.24) is 14.9 Å². The second-order valence-electron chi connectivity index (χ2n) is 8.00. The highest BCUT2D eigenvalue weighted by atomic mass is 19.4. The van der Waals surface area contributed by atoms with Crippen molar-refractivity contribution in [2.45, 2.75) is 32.5 Å². The number of halogens is 3. The largest absolute Gasteiger partial charge is 0.416 e. The van der Waals surface area contributed by atoms with Crippen molar-refractivity contribution >= 4 is 27.5 Å². The highest BCUT2D eigenvalue weighted by molar-refractivity contribution is 5.91. The number of aromatic amines is 1. The molecular formula is C25H27F3N4. The molecule has 0 aliphatic carbocycles. The van der Waals surface area contributed by atoms with E-state index in [1.54, 1.807) is 6.20 Å². The summed E-state index contributed by atoms with van der Waals surface area (Å²) in [6, 6.07) is 13.8. The summed E-state index contributed by atoms with van der Waals surface area (Å²) in [6.07, 6.45) is 1.26. The fraction of sp³-hybridized carbons (Fsp3) is 0.320. The number of alkyl halides is 3. The molecule has 0 radical (unpaired) electrons. The van der Waals surface area contributed by atoms with Gasteiger partial charge in [-0.25, -0.2) is 0 Å². The summed E-state index contributed by atoms with van der Waals surface area (Å²) in [7, 11) is 0. The topological polar surface area (TPSA) is 44.0 Å². The number of nitrogens with zero attached hydrogens (tertiary/aromatic N) is 2. The molecule has 2 N–H and O–H groups in total. The van der Waals surface area contributed by atoms with Crippen molar-refractivity contribution < 1.29 is 13.2 Å². The average molecular weight is 441 g/mol. The van der Waals surface area contributed by atoms with Crippen LogP contribution in [0, 0.1) is 0 Å². The SMILES string of the molecule is CCCN(CCCNc1ccnc2cc(C(F)(F)F)ccc12)Cc1c[nH]c2ccccc12. The summed E-state index contributed by atoms with van der Waals surface area (Å²) >= 11 is 0. The van der Waals surface area contributed by atoms with E-state index in [0.717, 1.165) is 62.4 Å². The number of hydrogen-bond acceptors (Lipinski definition) is 3. The third-order valence-corrected chi connectivity index (χ3v) is 5.65. The number of aromatic nitrogens is 2. The molecule has 0 fully saturated rings. The predicted octanol–water partition coefficient (Wildman–Crippen LogP) is 6.45. The van der Waals surface area contributed by atoms with E-state index in [-0.39, 0.29) is 0 Å². The first-order valence-electron chi connectivity index (χ1n) is 10.9. The quantitative estimate of drug-likeness (QED) is 0.294. The highest BCUT2D eigenvalue weighted by Gasteiger charge is 2.30. The Morgan fingerprint density at radius 1 is 1.03 bits per heavy atom. The van der Waals surface area contributed by atoms with Crippen LogP contribution in [0.15, 0.2) is 60.9 Å². The van der Waals surface area contributed by atoms with Crippen LogP contribution >= 0.6 is 0 Å². The lowest BCUT2D eigenvalue weighted by molar-refractivity contribution is -0.137. The molecule has 4 aromatic rings. The second-order valence-corrected chi connectivity index (χ2v) is 8.00. The minimum absolute atomic E-state index is 0.344. The molecule has 2 aromatic carbocycles. The van der Waals surface area contributed by atoms with Crippen LogP contribution in [0.5, 0.6) is 0 Å². The number of para-hydroxylation sites is 1. The summed E-state index contributed by atoms with van der Waals surface area (Å²) < 4.78 is 38.9. The molecule has 0 aliphatic heterocycles. The van der Waals surface area contributed by atoms with Crippen molar-refractivity contribution in [2.75, 3.05) is 25.0 Å². The van der Waals surface area contributed by atoms with Crippen LogP contribution in [0.4, 0.5) is 18.9 Å². The summed E-state index contributed by atoms with van der Waals surface area (Å²) in [4.78, 5) is 9.89. The third-order valence-electron chi connectivity index (χ3n) is 5.65. The zero-order chi connectivity index (χ0) is 22.6. The van der Waals surface area contributed by atoms with Gasteiger partial charge in [0.1, 0.15) is 0 Å². The van der Waals surface area contributed by atoms with Crippen molar-refractivity contribution in [3.63, 3.8) is 0 Å².